The number of carbonyl (C=O) groups is 2. The van der Waals surface area contributed by atoms with E-state index >= 15 is 0 Å². The Morgan fingerprint density at radius 3 is 2.65 bits per heavy atom. The van der Waals surface area contributed by atoms with E-state index in [0.29, 0.717) is 29.1 Å². The van der Waals surface area contributed by atoms with Crippen LogP contribution in [0.4, 0.5) is 5.69 Å². The van der Waals surface area contributed by atoms with E-state index in [1.807, 2.05) is 0 Å². The van der Waals surface area contributed by atoms with Crippen molar-refractivity contribution in [1.82, 2.24) is 10.6 Å². The molecule has 8 heteroatoms. The number of nitro benzene ring substituents is 1. The zero-order valence-corrected chi connectivity index (χ0v) is 12.5. The third kappa shape index (κ3) is 3.05. The third-order valence-corrected chi connectivity index (χ3v) is 3.62. The molecule has 120 valence electrons. The van der Waals surface area contributed by atoms with Crippen molar-refractivity contribution < 1.29 is 19.6 Å². The van der Waals surface area contributed by atoms with Crippen molar-refractivity contribution in [2.75, 3.05) is 0 Å². The van der Waals surface area contributed by atoms with Gasteiger partial charge >= 0.3 is 5.97 Å². The molecule has 1 aliphatic rings. The third-order valence-electron chi connectivity index (χ3n) is 3.62. The van der Waals surface area contributed by atoms with E-state index in [-0.39, 0.29) is 11.3 Å². The average molecular weight is 317 g/mol. The summed E-state index contributed by atoms with van der Waals surface area (Å²) in [5.74, 6) is -1.97. The van der Waals surface area contributed by atoms with Gasteiger partial charge < -0.3 is 15.7 Å². The molecular formula is C15H15N3O5. The lowest BCUT2D eigenvalue weighted by Crippen LogP contribution is -2.33. The smallest absolute Gasteiger partial charge is 0.334 e. The fraction of sp³-hybridized carbons (Fsp3) is 0.200. The lowest BCUT2D eigenvalue weighted by Gasteiger charge is -2.30. The number of amides is 1. The molecule has 3 N–H and O–H groups in total. The van der Waals surface area contributed by atoms with Crippen molar-refractivity contribution in [1.29, 1.82) is 0 Å². The monoisotopic (exact) mass is 317 g/mol. The van der Waals surface area contributed by atoms with Crippen molar-refractivity contribution in [3.8, 4) is 0 Å². The SMILES string of the molecule is CC1=C(NC=O)C(c2cccc([N+](=O)[O-])c2)C(C(=O)O)=C(C)N1. The Balaban J connectivity index is 2.66. The van der Waals surface area contributed by atoms with E-state index in [2.05, 4.69) is 10.6 Å². The van der Waals surface area contributed by atoms with Crippen LogP contribution in [-0.2, 0) is 9.59 Å². The minimum absolute atomic E-state index is 0.0282. The summed E-state index contributed by atoms with van der Waals surface area (Å²) in [5, 5.41) is 25.9. The Bertz CT molecular complexity index is 751. The second-order valence-corrected chi connectivity index (χ2v) is 5.05. The molecule has 0 saturated carbocycles. The summed E-state index contributed by atoms with van der Waals surface area (Å²) in [4.78, 5) is 33.0. The zero-order chi connectivity index (χ0) is 17.1. The minimum Gasteiger partial charge on any atom is -0.478 e. The van der Waals surface area contributed by atoms with Crippen molar-refractivity contribution in [2.45, 2.75) is 19.8 Å². The van der Waals surface area contributed by atoms with Crippen LogP contribution in [0.3, 0.4) is 0 Å². The van der Waals surface area contributed by atoms with Crippen molar-refractivity contribution in [3.05, 3.63) is 62.6 Å². The molecule has 1 atom stereocenters. The van der Waals surface area contributed by atoms with Crippen LogP contribution in [0.15, 0.2) is 46.9 Å². The maximum Gasteiger partial charge on any atom is 0.334 e. The molecule has 0 aromatic heterocycles. The van der Waals surface area contributed by atoms with Gasteiger partial charge in [0.2, 0.25) is 6.41 Å². The second-order valence-electron chi connectivity index (χ2n) is 5.05. The molecule has 1 aromatic carbocycles. The fourth-order valence-corrected chi connectivity index (χ4v) is 2.68. The van der Waals surface area contributed by atoms with Gasteiger partial charge in [0.1, 0.15) is 0 Å². The molecule has 1 unspecified atom stereocenters. The highest BCUT2D eigenvalue weighted by atomic mass is 16.6. The van der Waals surface area contributed by atoms with Gasteiger partial charge in [0, 0.05) is 29.2 Å². The molecule has 0 fully saturated rings. The number of hydrogen-bond acceptors (Lipinski definition) is 5. The largest absolute Gasteiger partial charge is 0.478 e. The number of nitrogens with zero attached hydrogens (tertiary/aromatic N) is 1. The highest BCUT2D eigenvalue weighted by molar-refractivity contribution is 5.91. The topological polar surface area (TPSA) is 122 Å². The highest BCUT2D eigenvalue weighted by Gasteiger charge is 2.33. The number of benzene rings is 1. The first-order chi connectivity index (χ1) is 10.9. The number of carboxylic acids is 1. The molecule has 0 bridgehead atoms. The maximum absolute atomic E-state index is 11.7. The predicted octanol–water partition coefficient (Wildman–Crippen LogP) is 1.62. The number of carbonyl (C=O) groups excluding carboxylic acids is 1. The van der Waals surface area contributed by atoms with E-state index in [4.69, 9.17) is 0 Å². The second kappa shape index (κ2) is 6.30. The summed E-state index contributed by atoms with van der Waals surface area (Å²) >= 11 is 0. The van der Waals surface area contributed by atoms with E-state index < -0.39 is 16.8 Å². The molecule has 23 heavy (non-hydrogen) atoms. The lowest BCUT2D eigenvalue weighted by atomic mass is 9.84. The number of nitro groups is 1. The molecule has 8 nitrogen and oxygen atoms in total. The Kier molecular flexibility index (Phi) is 4.44. The van der Waals surface area contributed by atoms with E-state index in [1.54, 1.807) is 19.9 Å². The van der Waals surface area contributed by atoms with Crippen LogP contribution < -0.4 is 10.6 Å². The molecule has 0 radical (unpaired) electrons. The van der Waals surface area contributed by atoms with Crippen molar-refractivity contribution >= 4 is 18.1 Å². The predicted molar refractivity (Wildman–Crippen MR) is 81.2 cm³/mol. The van der Waals surface area contributed by atoms with Crippen LogP contribution in [0.1, 0.15) is 25.3 Å². The molecule has 1 amide bonds. The number of rotatable bonds is 5. The first kappa shape index (κ1) is 16.2. The fourth-order valence-electron chi connectivity index (χ4n) is 2.68. The number of hydrogen-bond donors (Lipinski definition) is 3. The lowest BCUT2D eigenvalue weighted by molar-refractivity contribution is -0.384. The van der Waals surface area contributed by atoms with E-state index in [9.17, 15) is 24.8 Å². The summed E-state index contributed by atoms with van der Waals surface area (Å²) in [6.45, 7) is 3.30. The molecule has 1 heterocycles. The number of dihydropyridines is 1. The van der Waals surface area contributed by atoms with Gasteiger partial charge in [-0.25, -0.2) is 4.79 Å². The van der Waals surface area contributed by atoms with Gasteiger partial charge in [-0.3, -0.25) is 14.9 Å². The molecule has 0 aliphatic carbocycles. The normalized spacial score (nSPS) is 17.6. The quantitative estimate of drug-likeness (QED) is 0.431. The van der Waals surface area contributed by atoms with Crippen LogP contribution in [0.25, 0.3) is 0 Å². The van der Waals surface area contributed by atoms with Gasteiger partial charge in [-0.2, -0.15) is 0 Å². The molecule has 1 aliphatic heterocycles. The van der Waals surface area contributed by atoms with Gasteiger partial charge in [-0.05, 0) is 19.4 Å². The summed E-state index contributed by atoms with van der Waals surface area (Å²) in [7, 11) is 0. The number of non-ortho nitro benzene ring substituents is 1. The van der Waals surface area contributed by atoms with Crippen molar-refractivity contribution in [3.63, 3.8) is 0 Å². The Morgan fingerprint density at radius 1 is 1.39 bits per heavy atom. The number of nitrogens with one attached hydrogen (secondary N) is 2. The zero-order valence-electron chi connectivity index (χ0n) is 12.5. The van der Waals surface area contributed by atoms with Crippen LogP contribution in [0.2, 0.25) is 0 Å². The maximum atomic E-state index is 11.7. The minimum atomic E-state index is -1.16. The Hall–Kier alpha value is -3.16. The van der Waals surface area contributed by atoms with Crippen LogP contribution in [-0.4, -0.2) is 22.4 Å². The summed E-state index contributed by atoms with van der Waals surface area (Å²) < 4.78 is 0. The summed E-state index contributed by atoms with van der Waals surface area (Å²) in [6, 6.07) is 5.72. The van der Waals surface area contributed by atoms with Crippen LogP contribution in [0, 0.1) is 10.1 Å². The van der Waals surface area contributed by atoms with Gasteiger partial charge in [0.05, 0.1) is 16.4 Å². The van der Waals surface area contributed by atoms with Gasteiger partial charge in [0.15, 0.2) is 0 Å². The molecule has 0 saturated heterocycles. The molecule has 0 spiro atoms. The average Bonchev–Trinajstić information content (AvgIpc) is 2.49. The molecule has 2 rings (SSSR count). The number of aliphatic carboxylic acids is 1. The first-order valence-corrected chi connectivity index (χ1v) is 6.73. The van der Waals surface area contributed by atoms with Gasteiger partial charge in [0.25, 0.3) is 5.69 Å². The van der Waals surface area contributed by atoms with E-state index in [1.165, 1.54) is 18.2 Å². The van der Waals surface area contributed by atoms with Crippen molar-refractivity contribution in [2.24, 2.45) is 0 Å². The van der Waals surface area contributed by atoms with Gasteiger partial charge in [-0.15, -0.1) is 0 Å². The molecular weight excluding hydrogens is 302 g/mol. The number of carboxylic acid groups (broad SMARTS) is 1. The van der Waals surface area contributed by atoms with Gasteiger partial charge in [-0.1, -0.05) is 12.1 Å². The standard InChI is InChI=1S/C15H15N3O5/c1-8-12(15(20)21)13(14(16-7-19)9(2)17-8)10-4-3-5-11(6-10)18(22)23/h3-7,13,17H,1-2H3,(H,16,19)(H,20,21). The highest BCUT2D eigenvalue weighted by Crippen LogP contribution is 2.37. The van der Waals surface area contributed by atoms with Crippen LogP contribution in [0.5, 0.6) is 0 Å². The Morgan fingerprint density at radius 2 is 2.09 bits per heavy atom. The number of allylic oxidation sites excluding steroid dienone is 3. The van der Waals surface area contributed by atoms with Crippen LogP contribution >= 0.6 is 0 Å². The summed E-state index contributed by atoms with van der Waals surface area (Å²) in [5.41, 5.74) is 1.65. The molecule has 1 aromatic rings. The van der Waals surface area contributed by atoms with E-state index in [0.717, 1.165) is 0 Å². The first-order valence-electron chi connectivity index (χ1n) is 6.73. The Labute approximate surface area is 131 Å². The summed E-state index contributed by atoms with van der Waals surface area (Å²) in [6.07, 6.45) is 0.449.